The first-order valence-corrected chi connectivity index (χ1v) is 7.38. The molecule has 1 amide bonds. The van der Waals surface area contributed by atoms with Crippen LogP contribution in [-0.2, 0) is 16.1 Å². The molecule has 0 unspecified atom stereocenters. The Labute approximate surface area is 130 Å². The molecule has 0 aliphatic rings. The molecular weight excluding hydrogens is 319 g/mol. The predicted octanol–water partition coefficient (Wildman–Crippen LogP) is 2.98. The molecule has 2 rings (SSSR count). The highest BCUT2D eigenvalue weighted by atomic mass is 35.5. The Morgan fingerprint density at radius 3 is 2.95 bits per heavy atom. The molecule has 7 heteroatoms. The zero-order valence-corrected chi connectivity index (χ0v) is 13.0. The number of carbonyl (C=O) groups excluding carboxylic acids is 1. The van der Waals surface area contributed by atoms with Crippen LogP contribution in [0, 0.1) is 0 Å². The van der Waals surface area contributed by atoms with Crippen LogP contribution in [0.5, 0.6) is 0 Å². The SMILES string of the molecule is COCC(=O)N=c1sccn1Cc1ccc(Cl)cc1Cl. The van der Waals surface area contributed by atoms with Crippen LogP contribution < -0.4 is 4.80 Å². The molecule has 0 saturated carbocycles. The first kappa shape index (κ1) is 15.3. The molecule has 0 spiro atoms. The minimum absolute atomic E-state index is 0.0282. The van der Waals surface area contributed by atoms with Gasteiger partial charge in [-0.15, -0.1) is 11.3 Å². The first-order valence-electron chi connectivity index (χ1n) is 5.74. The van der Waals surface area contributed by atoms with Crippen LogP contribution in [0.15, 0.2) is 34.8 Å². The molecule has 0 fully saturated rings. The summed E-state index contributed by atoms with van der Waals surface area (Å²) in [6.07, 6.45) is 1.86. The molecule has 0 aliphatic heterocycles. The predicted molar refractivity (Wildman–Crippen MR) is 80.3 cm³/mol. The van der Waals surface area contributed by atoms with E-state index in [1.54, 1.807) is 12.1 Å². The Hall–Kier alpha value is -1.14. The van der Waals surface area contributed by atoms with Gasteiger partial charge >= 0.3 is 0 Å². The summed E-state index contributed by atoms with van der Waals surface area (Å²) in [6, 6.07) is 5.33. The number of hydrogen-bond donors (Lipinski definition) is 0. The van der Waals surface area contributed by atoms with Gasteiger partial charge in [0.15, 0.2) is 4.80 Å². The van der Waals surface area contributed by atoms with Crippen LogP contribution in [0.3, 0.4) is 0 Å². The van der Waals surface area contributed by atoms with E-state index in [1.807, 2.05) is 22.2 Å². The zero-order valence-electron chi connectivity index (χ0n) is 10.7. The van der Waals surface area contributed by atoms with Crippen LogP contribution in [-0.4, -0.2) is 24.2 Å². The van der Waals surface area contributed by atoms with Crippen LogP contribution in [0.2, 0.25) is 10.0 Å². The van der Waals surface area contributed by atoms with Crippen molar-refractivity contribution in [3.05, 3.63) is 50.2 Å². The molecule has 106 valence electrons. The molecule has 1 heterocycles. The number of benzene rings is 1. The van der Waals surface area contributed by atoms with Crippen LogP contribution in [0.1, 0.15) is 5.56 Å². The third kappa shape index (κ3) is 3.93. The molecule has 0 radical (unpaired) electrons. The number of methoxy groups -OCH3 is 1. The van der Waals surface area contributed by atoms with Crippen molar-refractivity contribution in [3.63, 3.8) is 0 Å². The number of rotatable bonds is 4. The average molecular weight is 331 g/mol. The average Bonchev–Trinajstić information content (AvgIpc) is 2.80. The Balaban J connectivity index is 2.27. The van der Waals surface area contributed by atoms with Gasteiger partial charge in [0, 0.05) is 28.7 Å². The number of aromatic nitrogens is 1. The van der Waals surface area contributed by atoms with E-state index in [0.29, 0.717) is 21.4 Å². The summed E-state index contributed by atoms with van der Waals surface area (Å²) in [5, 5.41) is 3.04. The normalized spacial score (nSPS) is 11.8. The highest BCUT2D eigenvalue weighted by Crippen LogP contribution is 2.21. The molecule has 1 aromatic carbocycles. The van der Waals surface area contributed by atoms with Crippen molar-refractivity contribution in [2.24, 2.45) is 4.99 Å². The van der Waals surface area contributed by atoms with Crippen molar-refractivity contribution in [2.45, 2.75) is 6.54 Å². The quantitative estimate of drug-likeness (QED) is 0.864. The lowest BCUT2D eigenvalue weighted by atomic mass is 10.2. The van der Waals surface area contributed by atoms with E-state index in [9.17, 15) is 4.79 Å². The molecule has 4 nitrogen and oxygen atoms in total. The van der Waals surface area contributed by atoms with Gasteiger partial charge in [-0.05, 0) is 17.7 Å². The number of nitrogens with zero attached hydrogens (tertiary/aromatic N) is 2. The maximum atomic E-state index is 11.5. The molecular formula is C13H12Cl2N2O2S. The summed E-state index contributed by atoms with van der Waals surface area (Å²) < 4.78 is 6.61. The second kappa shape index (κ2) is 7.04. The van der Waals surface area contributed by atoms with Crippen molar-refractivity contribution in [1.29, 1.82) is 0 Å². The van der Waals surface area contributed by atoms with E-state index in [1.165, 1.54) is 18.4 Å². The minimum Gasteiger partial charge on any atom is -0.375 e. The number of thiazole rings is 1. The first-order chi connectivity index (χ1) is 9.60. The summed E-state index contributed by atoms with van der Waals surface area (Å²) in [4.78, 5) is 16.1. The van der Waals surface area contributed by atoms with Gasteiger partial charge in [-0.25, -0.2) is 0 Å². The van der Waals surface area contributed by atoms with Crippen molar-refractivity contribution in [1.82, 2.24) is 4.57 Å². The Bertz CT molecular complexity index is 679. The van der Waals surface area contributed by atoms with Crippen LogP contribution in [0.25, 0.3) is 0 Å². The van der Waals surface area contributed by atoms with Crippen molar-refractivity contribution in [2.75, 3.05) is 13.7 Å². The number of halogens is 2. The zero-order chi connectivity index (χ0) is 14.5. The topological polar surface area (TPSA) is 43.6 Å². The molecule has 20 heavy (non-hydrogen) atoms. The number of amides is 1. The van der Waals surface area contributed by atoms with Gasteiger partial charge in [-0.1, -0.05) is 29.3 Å². The molecule has 1 aromatic heterocycles. The highest BCUT2D eigenvalue weighted by Gasteiger charge is 2.05. The second-order valence-corrected chi connectivity index (χ2v) is 5.70. The van der Waals surface area contributed by atoms with Gasteiger partial charge < -0.3 is 9.30 Å². The number of ether oxygens (including phenoxy) is 1. The number of hydrogen-bond acceptors (Lipinski definition) is 3. The van der Waals surface area contributed by atoms with Crippen molar-refractivity contribution in [3.8, 4) is 0 Å². The van der Waals surface area contributed by atoms with Gasteiger partial charge in [0.05, 0.1) is 6.54 Å². The van der Waals surface area contributed by atoms with Crippen molar-refractivity contribution >= 4 is 40.4 Å². The lowest BCUT2D eigenvalue weighted by molar-refractivity contribution is -0.121. The molecule has 0 saturated heterocycles. The molecule has 0 atom stereocenters. The van der Waals surface area contributed by atoms with E-state index in [0.717, 1.165) is 5.56 Å². The standard InChI is InChI=1S/C13H12Cl2N2O2S/c1-19-8-12(18)16-13-17(4-5-20-13)7-9-2-3-10(14)6-11(9)15/h2-6H,7-8H2,1H3. The third-order valence-electron chi connectivity index (χ3n) is 2.50. The van der Waals surface area contributed by atoms with Gasteiger partial charge in [0.1, 0.15) is 6.61 Å². The Kier molecular flexibility index (Phi) is 5.37. The summed E-state index contributed by atoms with van der Waals surface area (Å²) >= 11 is 13.4. The van der Waals surface area contributed by atoms with E-state index >= 15 is 0 Å². The smallest absolute Gasteiger partial charge is 0.274 e. The van der Waals surface area contributed by atoms with Crippen molar-refractivity contribution < 1.29 is 9.53 Å². The third-order valence-corrected chi connectivity index (χ3v) is 3.89. The van der Waals surface area contributed by atoms with Gasteiger partial charge in [-0.2, -0.15) is 4.99 Å². The van der Waals surface area contributed by atoms with Crippen LogP contribution >= 0.6 is 34.5 Å². The summed E-state index contributed by atoms with van der Waals surface area (Å²) in [5.41, 5.74) is 0.912. The lowest BCUT2D eigenvalue weighted by Crippen LogP contribution is -2.18. The maximum absolute atomic E-state index is 11.5. The molecule has 0 aliphatic carbocycles. The Morgan fingerprint density at radius 1 is 1.45 bits per heavy atom. The Morgan fingerprint density at radius 2 is 2.25 bits per heavy atom. The lowest BCUT2D eigenvalue weighted by Gasteiger charge is -2.06. The molecule has 0 bridgehead atoms. The fourth-order valence-corrected chi connectivity index (χ4v) is 2.82. The van der Waals surface area contributed by atoms with Crippen LogP contribution in [0.4, 0.5) is 0 Å². The van der Waals surface area contributed by atoms with E-state index < -0.39 is 0 Å². The number of carbonyl (C=O) groups is 1. The van der Waals surface area contributed by atoms with Gasteiger partial charge in [-0.3, -0.25) is 4.79 Å². The van der Waals surface area contributed by atoms with E-state index in [2.05, 4.69) is 4.99 Å². The summed E-state index contributed by atoms with van der Waals surface area (Å²) in [5.74, 6) is -0.314. The highest BCUT2D eigenvalue weighted by molar-refractivity contribution is 7.07. The second-order valence-electron chi connectivity index (χ2n) is 3.99. The maximum Gasteiger partial charge on any atom is 0.274 e. The largest absolute Gasteiger partial charge is 0.375 e. The van der Waals surface area contributed by atoms with E-state index in [4.69, 9.17) is 27.9 Å². The fourth-order valence-electron chi connectivity index (χ4n) is 1.60. The summed E-state index contributed by atoms with van der Waals surface area (Å²) in [6.45, 7) is 0.498. The molecule has 2 aromatic rings. The fraction of sp³-hybridized carbons (Fsp3) is 0.231. The molecule has 0 N–H and O–H groups in total. The van der Waals surface area contributed by atoms with Gasteiger partial charge in [0.2, 0.25) is 0 Å². The van der Waals surface area contributed by atoms with E-state index in [-0.39, 0.29) is 12.5 Å². The monoisotopic (exact) mass is 330 g/mol. The minimum atomic E-state index is -0.314. The summed E-state index contributed by atoms with van der Waals surface area (Å²) in [7, 11) is 1.46. The van der Waals surface area contributed by atoms with Gasteiger partial charge in [0.25, 0.3) is 5.91 Å².